The molecule has 0 amide bonds. The zero-order valence-corrected chi connectivity index (χ0v) is 8.43. The molecule has 0 aromatic heterocycles. The Morgan fingerprint density at radius 2 is 2.08 bits per heavy atom. The molecule has 2 rings (SSSR count). The average molecular weight is 175 g/mol. The largest absolute Gasteiger partial charge is 0.324 e. The molecule has 0 bridgehead atoms. The summed E-state index contributed by atoms with van der Waals surface area (Å²) in [6.45, 7) is 4.26. The summed E-state index contributed by atoms with van der Waals surface area (Å²) >= 11 is 0. The van der Waals surface area contributed by atoms with Crippen molar-refractivity contribution in [2.45, 2.75) is 39.2 Å². The molecule has 0 spiro atoms. The third-order valence-corrected chi connectivity index (χ3v) is 2.99. The van der Waals surface area contributed by atoms with E-state index in [4.69, 9.17) is 5.73 Å². The number of rotatable bonds is 1. The summed E-state index contributed by atoms with van der Waals surface area (Å²) in [5.41, 5.74) is 11.7. The predicted octanol–water partition coefficient (Wildman–Crippen LogP) is 2.50. The third kappa shape index (κ3) is 1.49. The Balaban J connectivity index is 2.49. The molecule has 1 heteroatoms. The van der Waals surface area contributed by atoms with Gasteiger partial charge in [-0.25, -0.2) is 0 Å². The van der Waals surface area contributed by atoms with Crippen LogP contribution in [0, 0.1) is 6.92 Å². The Morgan fingerprint density at radius 3 is 2.77 bits per heavy atom. The van der Waals surface area contributed by atoms with Crippen molar-refractivity contribution in [1.29, 1.82) is 0 Å². The maximum absolute atomic E-state index is 5.88. The van der Waals surface area contributed by atoms with E-state index in [0.717, 1.165) is 0 Å². The number of fused-ring (bicyclic) bond motifs is 1. The summed E-state index contributed by atoms with van der Waals surface area (Å²) in [4.78, 5) is 0. The maximum Gasteiger partial charge on any atom is 0.0266 e. The first-order valence-corrected chi connectivity index (χ1v) is 5.06. The van der Waals surface area contributed by atoms with E-state index >= 15 is 0 Å². The molecule has 1 aliphatic carbocycles. The SMILES string of the molecule is Cc1cc(C(C)N)cc2c1CCC2. The molecular formula is C12H17N. The van der Waals surface area contributed by atoms with Crippen LogP contribution >= 0.6 is 0 Å². The van der Waals surface area contributed by atoms with Gasteiger partial charge < -0.3 is 5.73 Å². The van der Waals surface area contributed by atoms with Crippen molar-refractivity contribution in [3.63, 3.8) is 0 Å². The van der Waals surface area contributed by atoms with Crippen LogP contribution in [0.4, 0.5) is 0 Å². The number of nitrogens with two attached hydrogens (primary N) is 1. The molecular weight excluding hydrogens is 158 g/mol. The molecule has 0 aliphatic heterocycles. The highest BCUT2D eigenvalue weighted by atomic mass is 14.6. The molecule has 0 radical (unpaired) electrons. The van der Waals surface area contributed by atoms with E-state index < -0.39 is 0 Å². The van der Waals surface area contributed by atoms with E-state index in [1.165, 1.54) is 36.0 Å². The van der Waals surface area contributed by atoms with Crippen LogP contribution in [0.25, 0.3) is 0 Å². The van der Waals surface area contributed by atoms with Gasteiger partial charge in [-0.05, 0) is 55.4 Å². The summed E-state index contributed by atoms with van der Waals surface area (Å²) in [7, 11) is 0. The number of hydrogen-bond acceptors (Lipinski definition) is 1. The Morgan fingerprint density at radius 1 is 1.31 bits per heavy atom. The zero-order valence-electron chi connectivity index (χ0n) is 8.43. The smallest absolute Gasteiger partial charge is 0.0266 e. The lowest BCUT2D eigenvalue weighted by atomic mass is 9.98. The summed E-state index contributed by atoms with van der Waals surface area (Å²) in [6.07, 6.45) is 3.83. The van der Waals surface area contributed by atoms with E-state index in [1.807, 2.05) is 0 Å². The maximum atomic E-state index is 5.88. The lowest BCUT2D eigenvalue weighted by Gasteiger charge is -2.11. The fourth-order valence-corrected chi connectivity index (χ4v) is 2.22. The van der Waals surface area contributed by atoms with Crippen molar-refractivity contribution < 1.29 is 0 Å². The molecule has 70 valence electrons. The van der Waals surface area contributed by atoms with Crippen LogP contribution in [-0.4, -0.2) is 0 Å². The van der Waals surface area contributed by atoms with Crippen molar-refractivity contribution in [2.75, 3.05) is 0 Å². The molecule has 0 heterocycles. The summed E-state index contributed by atoms with van der Waals surface area (Å²) in [5.74, 6) is 0. The molecule has 1 atom stereocenters. The van der Waals surface area contributed by atoms with Gasteiger partial charge in [-0.15, -0.1) is 0 Å². The van der Waals surface area contributed by atoms with E-state index in [0.29, 0.717) is 0 Å². The van der Waals surface area contributed by atoms with Gasteiger partial charge in [0.25, 0.3) is 0 Å². The van der Waals surface area contributed by atoms with Crippen LogP contribution in [0.5, 0.6) is 0 Å². The summed E-state index contributed by atoms with van der Waals surface area (Å²) in [6, 6.07) is 4.71. The molecule has 13 heavy (non-hydrogen) atoms. The quantitative estimate of drug-likeness (QED) is 0.697. The van der Waals surface area contributed by atoms with Gasteiger partial charge in [-0.3, -0.25) is 0 Å². The second-order valence-corrected chi connectivity index (χ2v) is 4.12. The van der Waals surface area contributed by atoms with E-state index in [9.17, 15) is 0 Å². The van der Waals surface area contributed by atoms with Gasteiger partial charge in [0.1, 0.15) is 0 Å². The molecule has 0 saturated heterocycles. The molecule has 1 aromatic carbocycles. The standard InChI is InChI=1S/C12H17N/c1-8-6-11(9(2)13)7-10-4-3-5-12(8)10/h6-7,9H,3-5,13H2,1-2H3. The molecule has 1 nitrogen and oxygen atoms in total. The lowest BCUT2D eigenvalue weighted by Crippen LogP contribution is -2.06. The normalized spacial score (nSPS) is 17.2. The molecule has 0 fully saturated rings. The molecule has 2 N–H and O–H groups in total. The minimum absolute atomic E-state index is 0.171. The second-order valence-electron chi connectivity index (χ2n) is 4.12. The van der Waals surface area contributed by atoms with Crippen molar-refractivity contribution in [3.05, 3.63) is 34.4 Å². The molecule has 1 aliphatic rings. The number of hydrogen-bond donors (Lipinski definition) is 1. The van der Waals surface area contributed by atoms with Crippen LogP contribution in [0.15, 0.2) is 12.1 Å². The summed E-state index contributed by atoms with van der Waals surface area (Å²) < 4.78 is 0. The van der Waals surface area contributed by atoms with Crippen molar-refractivity contribution >= 4 is 0 Å². The topological polar surface area (TPSA) is 26.0 Å². The zero-order chi connectivity index (χ0) is 9.42. The lowest BCUT2D eigenvalue weighted by molar-refractivity contribution is 0.814. The highest BCUT2D eigenvalue weighted by Crippen LogP contribution is 2.28. The van der Waals surface area contributed by atoms with Gasteiger partial charge in [0.2, 0.25) is 0 Å². The van der Waals surface area contributed by atoms with Gasteiger partial charge in [0, 0.05) is 6.04 Å². The van der Waals surface area contributed by atoms with E-state index in [1.54, 1.807) is 5.56 Å². The molecule has 1 aromatic rings. The Hall–Kier alpha value is -0.820. The number of aryl methyl sites for hydroxylation is 2. The van der Waals surface area contributed by atoms with E-state index in [2.05, 4.69) is 26.0 Å². The predicted molar refractivity (Wildman–Crippen MR) is 55.8 cm³/mol. The molecule has 1 unspecified atom stereocenters. The van der Waals surface area contributed by atoms with Crippen LogP contribution in [0.3, 0.4) is 0 Å². The van der Waals surface area contributed by atoms with Gasteiger partial charge in [0.05, 0.1) is 0 Å². The van der Waals surface area contributed by atoms with Gasteiger partial charge in [-0.1, -0.05) is 12.1 Å². The van der Waals surface area contributed by atoms with Crippen molar-refractivity contribution in [1.82, 2.24) is 0 Å². The first-order chi connectivity index (χ1) is 6.18. The summed E-state index contributed by atoms with van der Waals surface area (Å²) in [5, 5.41) is 0. The molecule has 0 saturated carbocycles. The van der Waals surface area contributed by atoms with Gasteiger partial charge >= 0.3 is 0 Å². The minimum Gasteiger partial charge on any atom is -0.324 e. The van der Waals surface area contributed by atoms with Crippen LogP contribution in [0.2, 0.25) is 0 Å². The van der Waals surface area contributed by atoms with Crippen LogP contribution in [0.1, 0.15) is 41.6 Å². The first-order valence-electron chi connectivity index (χ1n) is 5.06. The first kappa shape index (κ1) is 8.76. The fourth-order valence-electron chi connectivity index (χ4n) is 2.22. The third-order valence-electron chi connectivity index (χ3n) is 2.99. The van der Waals surface area contributed by atoms with Gasteiger partial charge in [-0.2, -0.15) is 0 Å². The van der Waals surface area contributed by atoms with Crippen molar-refractivity contribution in [3.8, 4) is 0 Å². The monoisotopic (exact) mass is 175 g/mol. The fraction of sp³-hybridized carbons (Fsp3) is 0.500. The van der Waals surface area contributed by atoms with Crippen LogP contribution in [-0.2, 0) is 12.8 Å². The average Bonchev–Trinajstić information content (AvgIpc) is 2.51. The van der Waals surface area contributed by atoms with Gasteiger partial charge in [0.15, 0.2) is 0 Å². The van der Waals surface area contributed by atoms with Crippen molar-refractivity contribution in [2.24, 2.45) is 5.73 Å². The Labute approximate surface area is 80.0 Å². The van der Waals surface area contributed by atoms with Crippen LogP contribution < -0.4 is 5.73 Å². The highest BCUT2D eigenvalue weighted by Gasteiger charge is 2.14. The Kier molecular flexibility index (Phi) is 2.12. The van der Waals surface area contributed by atoms with E-state index in [-0.39, 0.29) is 6.04 Å². The minimum atomic E-state index is 0.171. The Bertz CT molecular complexity index is 326. The highest BCUT2D eigenvalue weighted by molar-refractivity contribution is 5.42. The second kappa shape index (κ2) is 3.15. The number of benzene rings is 1.